The SMILES string of the molecule is CCONC(=O)c1cccc(S(=O)(=O)Nc2cccc(Cl)c2)c1. The molecule has 0 fully saturated rings. The molecule has 0 heterocycles. The highest BCUT2D eigenvalue weighted by Gasteiger charge is 2.16. The Morgan fingerprint density at radius 2 is 1.91 bits per heavy atom. The minimum atomic E-state index is -3.84. The number of rotatable bonds is 6. The fraction of sp³-hybridized carbons (Fsp3) is 0.133. The molecule has 0 aliphatic heterocycles. The number of benzene rings is 2. The van der Waals surface area contributed by atoms with Gasteiger partial charge in [0.15, 0.2) is 0 Å². The van der Waals surface area contributed by atoms with E-state index in [-0.39, 0.29) is 10.5 Å². The van der Waals surface area contributed by atoms with E-state index in [2.05, 4.69) is 10.2 Å². The first-order valence-electron chi connectivity index (χ1n) is 6.73. The zero-order valence-electron chi connectivity index (χ0n) is 12.2. The van der Waals surface area contributed by atoms with Crippen LogP contribution in [0.3, 0.4) is 0 Å². The van der Waals surface area contributed by atoms with Crippen LogP contribution in [0.4, 0.5) is 5.69 Å². The van der Waals surface area contributed by atoms with E-state index in [1.165, 1.54) is 30.3 Å². The summed E-state index contributed by atoms with van der Waals surface area (Å²) in [6.07, 6.45) is 0. The molecule has 23 heavy (non-hydrogen) atoms. The third kappa shape index (κ3) is 4.69. The van der Waals surface area contributed by atoms with E-state index in [4.69, 9.17) is 16.4 Å². The lowest BCUT2D eigenvalue weighted by Gasteiger charge is -2.10. The van der Waals surface area contributed by atoms with Crippen LogP contribution in [-0.4, -0.2) is 20.9 Å². The average molecular weight is 355 g/mol. The van der Waals surface area contributed by atoms with Gasteiger partial charge in [0, 0.05) is 10.6 Å². The number of halogens is 1. The molecule has 0 saturated carbocycles. The molecule has 0 aliphatic carbocycles. The van der Waals surface area contributed by atoms with Crippen LogP contribution in [0, 0.1) is 0 Å². The van der Waals surface area contributed by atoms with E-state index in [1.807, 2.05) is 0 Å². The maximum absolute atomic E-state index is 12.4. The number of hydrogen-bond acceptors (Lipinski definition) is 4. The molecule has 2 aromatic carbocycles. The first kappa shape index (κ1) is 17.3. The Kier molecular flexibility index (Phi) is 5.59. The van der Waals surface area contributed by atoms with Crippen LogP contribution in [0.25, 0.3) is 0 Å². The van der Waals surface area contributed by atoms with Gasteiger partial charge in [-0.25, -0.2) is 13.9 Å². The Hall–Kier alpha value is -2.09. The third-order valence-corrected chi connectivity index (χ3v) is 4.41. The second-order valence-electron chi connectivity index (χ2n) is 4.51. The van der Waals surface area contributed by atoms with E-state index < -0.39 is 15.9 Å². The molecule has 1 amide bonds. The molecule has 6 nitrogen and oxygen atoms in total. The Morgan fingerprint density at radius 3 is 2.61 bits per heavy atom. The van der Waals surface area contributed by atoms with E-state index in [0.29, 0.717) is 17.3 Å². The highest BCUT2D eigenvalue weighted by atomic mass is 35.5. The van der Waals surface area contributed by atoms with Crippen molar-refractivity contribution in [1.29, 1.82) is 0 Å². The Bertz CT molecular complexity index is 809. The van der Waals surface area contributed by atoms with Gasteiger partial charge >= 0.3 is 0 Å². The van der Waals surface area contributed by atoms with Gasteiger partial charge in [-0.05, 0) is 43.3 Å². The minimum absolute atomic E-state index is 0.0402. The topological polar surface area (TPSA) is 84.5 Å². The number of nitrogens with one attached hydrogen (secondary N) is 2. The molecule has 0 bridgehead atoms. The number of hydrogen-bond donors (Lipinski definition) is 2. The van der Waals surface area contributed by atoms with Crippen LogP contribution in [0.5, 0.6) is 0 Å². The molecule has 122 valence electrons. The van der Waals surface area contributed by atoms with Crippen LogP contribution >= 0.6 is 11.6 Å². The van der Waals surface area contributed by atoms with Gasteiger partial charge < -0.3 is 0 Å². The van der Waals surface area contributed by atoms with Gasteiger partial charge in [0.25, 0.3) is 15.9 Å². The molecule has 2 N–H and O–H groups in total. The zero-order chi connectivity index (χ0) is 16.9. The smallest absolute Gasteiger partial charge is 0.274 e. The van der Waals surface area contributed by atoms with E-state index in [9.17, 15) is 13.2 Å². The second kappa shape index (κ2) is 7.45. The number of anilines is 1. The third-order valence-electron chi connectivity index (χ3n) is 2.79. The van der Waals surface area contributed by atoms with Crippen LogP contribution < -0.4 is 10.2 Å². The quantitative estimate of drug-likeness (QED) is 0.781. The molecule has 0 radical (unpaired) electrons. The van der Waals surface area contributed by atoms with Crippen LogP contribution in [0.15, 0.2) is 53.4 Å². The van der Waals surface area contributed by atoms with Gasteiger partial charge in [0.2, 0.25) is 0 Å². The number of carbonyl (C=O) groups is 1. The molecule has 0 spiro atoms. The standard InChI is InChI=1S/C15H15ClN2O4S/c1-2-22-17-15(19)11-5-3-8-14(9-11)23(20,21)18-13-7-4-6-12(16)10-13/h3-10,18H,2H2,1H3,(H,17,19). The summed E-state index contributed by atoms with van der Waals surface area (Å²) in [4.78, 5) is 16.6. The predicted octanol–water partition coefficient (Wildman–Crippen LogP) is 2.82. The molecular weight excluding hydrogens is 340 g/mol. The van der Waals surface area contributed by atoms with Gasteiger partial charge in [-0.3, -0.25) is 14.4 Å². The van der Waals surface area contributed by atoms with Crippen molar-refractivity contribution in [2.45, 2.75) is 11.8 Å². The predicted molar refractivity (Wildman–Crippen MR) is 87.8 cm³/mol. The highest BCUT2D eigenvalue weighted by Crippen LogP contribution is 2.20. The number of amides is 1. The van der Waals surface area contributed by atoms with E-state index in [0.717, 1.165) is 0 Å². The molecule has 0 atom stereocenters. The second-order valence-corrected chi connectivity index (χ2v) is 6.63. The van der Waals surface area contributed by atoms with E-state index in [1.54, 1.807) is 25.1 Å². The lowest BCUT2D eigenvalue weighted by Crippen LogP contribution is -2.24. The molecule has 0 aromatic heterocycles. The van der Waals surface area contributed by atoms with Crippen molar-refractivity contribution < 1.29 is 18.0 Å². The van der Waals surface area contributed by atoms with Gasteiger partial charge in [-0.2, -0.15) is 0 Å². The van der Waals surface area contributed by atoms with Gasteiger partial charge in [-0.1, -0.05) is 23.7 Å². The summed E-state index contributed by atoms with van der Waals surface area (Å²) in [6, 6.07) is 12.0. The van der Waals surface area contributed by atoms with Crippen molar-refractivity contribution in [1.82, 2.24) is 5.48 Å². The summed E-state index contributed by atoms with van der Waals surface area (Å²) in [5.74, 6) is -0.522. The molecule has 2 rings (SSSR count). The maximum atomic E-state index is 12.4. The van der Waals surface area contributed by atoms with Crippen molar-refractivity contribution in [3.63, 3.8) is 0 Å². The van der Waals surface area contributed by atoms with Crippen molar-refractivity contribution >= 4 is 33.2 Å². The fourth-order valence-electron chi connectivity index (χ4n) is 1.77. The normalized spacial score (nSPS) is 11.0. The summed E-state index contributed by atoms with van der Waals surface area (Å²) in [5.41, 5.74) is 2.72. The van der Waals surface area contributed by atoms with Gasteiger partial charge in [0.1, 0.15) is 0 Å². The zero-order valence-corrected chi connectivity index (χ0v) is 13.8. The molecule has 8 heteroatoms. The summed E-state index contributed by atoms with van der Waals surface area (Å²) < 4.78 is 27.2. The average Bonchev–Trinajstić information content (AvgIpc) is 2.52. The van der Waals surface area contributed by atoms with Crippen molar-refractivity contribution in [3.05, 3.63) is 59.1 Å². The van der Waals surface area contributed by atoms with Crippen LogP contribution in [0.2, 0.25) is 5.02 Å². The van der Waals surface area contributed by atoms with Crippen LogP contribution in [-0.2, 0) is 14.9 Å². The fourth-order valence-corrected chi connectivity index (χ4v) is 3.05. The van der Waals surface area contributed by atoms with Crippen molar-refractivity contribution in [2.75, 3.05) is 11.3 Å². The number of carbonyl (C=O) groups excluding carboxylic acids is 1. The van der Waals surface area contributed by atoms with Crippen LogP contribution in [0.1, 0.15) is 17.3 Å². The Labute approximate surface area is 139 Å². The van der Waals surface area contributed by atoms with E-state index >= 15 is 0 Å². The molecule has 0 saturated heterocycles. The summed E-state index contributed by atoms with van der Waals surface area (Å²) in [6.45, 7) is 2.02. The minimum Gasteiger partial charge on any atom is -0.280 e. The van der Waals surface area contributed by atoms with Crippen molar-refractivity contribution in [3.8, 4) is 0 Å². The molecule has 0 aliphatic rings. The Balaban J connectivity index is 2.24. The first-order valence-corrected chi connectivity index (χ1v) is 8.59. The number of hydroxylamine groups is 1. The maximum Gasteiger partial charge on any atom is 0.274 e. The lowest BCUT2D eigenvalue weighted by molar-refractivity contribution is 0.0364. The molecular formula is C15H15ClN2O4S. The number of sulfonamides is 1. The largest absolute Gasteiger partial charge is 0.280 e. The highest BCUT2D eigenvalue weighted by molar-refractivity contribution is 7.92. The Morgan fingerprint density at radius 1 is 1.17 bits per heavy atom. The lowest BCUT2D eigenvalue weighted by atomic mass is 10.2. The summed E-state index contributed by atoms with van der Waals surface area (Å²) >= 11 is 5.83. The monoisotopic (exact) mass is 354 g/mol. The molecule has 0 unspecified atom stereocenters. The van der Waals surface area contributed by atoms with Crippen molar-refractivity contribution in [2.24, 2.45) is 0 Å². The summed E-state index contributed by atoms with van der Waals surface area (Å²) in [5, 5.41) is 0.412. The molecule has 2 aromatic rings. The summed E-state index contributed by atoms with van der Waals surface area (Å²) in [7, 11) is -3.84. The van der Waals surface area contributed by atoms with Gasteiger partial charge in [0.05, 0.1) is 17.2 Å². The van der Waals surface area contributed by atoms with Gasteiger partial charge in [-0.15, -0.1) is 0 Å². The first-order chi connectivity index (χ1) is 10.9.